The number of hydrogen-bond donors (Lipinski definition) is 0. The third-order valence-corrected chi connectivity index (χ3v) is 8.25. The Bertz CT molecular complexity index is 204. The normalized spacial score (nSPS) is 12.7. The van der Waals surface area contributed by atoms with Crippen LogP contribution in [0.5, 0.6) is 0 Å². The first-order chi connectivity index (χ1) is 6.81. The molecule has 0 aliphatic rings. The van der Waals surface area contributed by atoms with Crippen molar-refractivity contribution in [2.75, 3.05) is 6.23 Å². The van der Waals surface area contributed by atoms with E-state index in [1.165, 1.54) is 0 Å². The highest BCUT2D eigenvalue weighted by atomic mass is 28.3. The number of ether oxygens (including phenoxy) is 1. The Balaban J connectivity index is 4.29. The van der Waals surface area contributed by atoms with Crippen LogP contribution in [0.1, 0.15) is 20.8 Å². The predicted molar refractivity (Wildman–Crippen MR) is 54.2 cm³/mol. The fourth-order valence-electron chi connectivity index (χ4n) is 1.36. The summed E-state index contributed by atoms with van der Waals surface area (Å²) in [6.07, 6.45) is -4.88. The molecular weight excluding hydrogens is 225 g/mol. The van der Waals surface area contributed by atoms with Gasteiger partial charge in [0.25, 0.3) is 0 Å². The molecule has 0 aromatic rings. The number of carbonyl (C=O) groups excluding carboxylic acids is 1. The van der Waals surface area contributed by atoms with Crippen molar-refractivity contribution < 1.29 is 22.7 Å². The molecule has 2 nitrogen and oxygen atoms in total. The maximum absolute atomic E-state index is 11.9. The molecule has 0 saturated heterocycles. The van der Waals surface area contributed by atoms with Crippen molar-refractivity contribution in [2.24, 2.45) is 0 Å². The smallest absolute Gasteiger partial charge is 0.463 e. The first-order valence-corrected chi connectivity index (χ1v) is 7.88. The van der Waals surface area contributed by atoms with Gasteiger partial charge in [0.15, 0.2) is 0 Å². The number of esters is 1. The Morgan fingerprint density at radius 2 is 1.53 bits per heavy atom. The summed E-state index contributed by atoms with van der Waals surface area (Å²) in [6.45, 7) is 5.84. The molecule has 0 saturated carbocycles. The first-order valence-electron chi connectivity index (χ1n) is 5.05. The summed E-state index contributed by atoms with van der Waals surface area (Å²) in [5, 5.41) is 0. The fraction of sp³-hybridized carbons (Fsp3) is 0.889. The molecule has 0 amide bonds. The highest BCUT2D eigenvalue weighted by Crippen LogP contribution is 2.23. The molecule has 0 rings (SSSR count). The first kappa shape index (κ1) is 14.5. The summed E-state index contributed by atoms with van der Waals surface area (Å²) in [4.78, 5) is 10.5. The number of halogens is 3. The average Bonchev–Trinajstić information content (AvgIpc) is 2.19. The quantitative estimate of drug-likeness (QED) is 0.547. The zero-order valence-corrected chi connectivity index (χ0v) is 10.3. The Morgan fingerprint density at radius 1 is 1.13 bits per heavy atom. The van der Waals surface area contributed by atoms with Crippen molar-refractivity contribution in [3.63, 3.8) is 0 Å². The van der Waals surface area contributed by atoms with Crippen molar-refractivity contribution in [3.05, 3.63) is 0 Å². The van der Waals surface area contributed by atoms with Crippen molar-refractivity contribution in [1.82, 2.24) is 0 Å². The summed E-state index contributed by atoms with van der Waals surface area (Å²) in [7, 11) is -1.80. The second kappa shape index (κ2) is 5.53. The molecule has 0 bridgehead atoms. The van der Waals surface area contributed by atoms with Gasteiger partial charge in [0.05, 0.1) is 14.3 Å². The summed E-state index contributed by atoms with van der Waals surface area (Å²) < 4.78 is 40.0. The van der Waals surface area contributed by atoms with Gasteiger partial charge in [-0.1, -0.05) is 38.9 Å². The van der Waals surface area contributed by atoms with Gasteiger partial charge in [0.1, 0.15) is 0 Å². The molecule has 90 valence electrons. The second-order valence-corrected chi connectivity index (χ2v) is 9.04. The van der Waals surface area contributed by atoms with Gasteiger partial charge < -0.3 is 4.74 Å². The van der Waals surface area contributed by atoms with E-state index in [1.54, 1.807) is 0 Å². The zero-order valence-electron chi connectivity index (χ0n) is 9.28. The van der Waals surface area contributed by atoms with Crippen LogP contribution in [0.15, 0.2) is 0 Å². The van der Waals surface area contributed by atoms with E-state index in [0.717, 1.165) is 18.1 Å². The minimum atomic E-state index is -4.87. The van der Waals surface area contributed by atoms with Crippen LogP contribution in [-0.2, 0) is 9.53 Å². The molecular formula is C9H17F3O2Si. The molecule has 15 heavy (non-hydrogen) atoms. The molecule has 0 unspecified atom stereocenters. The van der Waals surface area contributed by atoms with Crippen LogP contribution in [0.4, 0.5) is 13.2 Å². The minimum Gasteiger partial charge on any atom is -0.463 e. The van der Waals surface area contributed by atoms with Crippen molar-refractivity contribution in [2.45, 2.75) is 45.1 Å². The van der Waals surface area contributed by atoms with Crippen molar-refractivity contribution >= 4 is 14.0 Å². The van der Waals surface area contributed by atoms with E-state index in [1.807, 2.05) is 20.8 Å². The van der Waals surface area contributed by atoms with E-state index in [4.69, 9.17) is 0 Å². The van der Waals surface area contributed by atoms with Crippen LogP contribution in [0, 0.1) is 0 Å². The molecule has 0 heterocycles. The fourth-order valence-corrected chi connectivity index (χ4v) is 3.91. The zero-order chi connectivity index (χ0) is 12.1. The number of rotatable bonds is 5. The summed E-state index contributed by atoms with van der Waals surface area (Å²) in [5.41, 5.74) is 0. The number of carbonyl (C=O) groups is 1. The lowest BCUT2D eigenvalue weighted by Crippen LogP contribution is -2.41. The summed E-state index contributed by atoms with van der Waals surface area (Å²) >= 11 is 0. The Kier molecular flexibility index (Phi) is 5.34. The molecule has 0 fully saturated rings. The van der Waals surface area contributed by atoms with Gasteiger partial charge in [0.2, 0.25) is 0 Å². The van der Waals surface area contributed by atoms with E-state index in [9.17, 15) is 18.0 Å². The van der Waals surface area contributed by atoms with Gasteiger partial charge in [0, 0.05) is 0 Å². The van der Waals surface area contributed by atoms with Crippen LogP contribution >= 0.6 is 0 Å². The molecule has 6 heteroatoms. The largest absolute Gasteiger partial charge is 0.490 e. The van der Waals surface area contributed by atoms with Crippen LogP contribution < -0.4 is 0 Å². The summed E-state index contributed by atoms with van der Waals surface area (Å²) in [5.74, 6) is -2.06. The Hall–Kier alpha value is -0.523. The minimum absolute atomic E-state index is 0.0190. The van der Waals surface area contributed by atoms with Gasteiger partial charge >= 0.3 is 12.1 Å². The lowest BCUT2D eigenvalue weighted by molar-refractivity contribution is -0.197. The van der Waals surface area contributed by atoms with E-state index < -0.39 is 20.2 Å². The van der Waals surface area contributed by atoms with Gasteiger partial charge in [-0.15, -0.1) is 0 Å². The van der Waals surface area contributed by atoms with E-state index in [0.29, 0.717) is 0 Å². The predicted octanol–water partition coefficient (Wildman–Crippen LogP) is 3.14. The maximum atomic E-state index is 11.9. The van der Waals surface area contributed by atoms with E-state index >= 15 is 0 Å². The molecule has 0 aliphatic carbocycles. The highest BCUT2D eigenvalue weighted by Gasteiger charge is 2.42. The molecule has 0 spiro atoms. The lowest BCUT2D eigenvalue weighted by Gasteiger charge is -2.27. The van der Waals surface area contributed by atoms with Crippen molar-refractivity contribution in [3.8, 4) is 0 Å². The number of alkyl halides is 3. The standard InChI is InChI=1S/C9H17F3O2Si/c1-4-15(5-2,6-3)7-14-8(13)9(10,11)12/h4-7H2,1-3H3. The molecule has 0 aromatic heterocycles. The van der Waals surface area contributed by atoms with E-state index in [-0.39, 0.29) is 6.23 Å². The number of hydrogen-bond acceptors (Lipinski definition) is 2. The topological polar surface area (TPSA) is 26.3 Å². The third kappa shape index (κ3) is 4.23. The van der Waals surface area contributed by atoms with Crippen LogP contribution in [0.3, 0.4) is 0 Å². The summed E-state index contributed by atoms with van der Waals surface area (Å²) in [6, 6.07) is 2.52. The monoisotopic (exact) mass is 242 g/mol. The van der Waals surface area contributed by atoms with Gasteiger partial charge in [-0.05, 0) is 0 Å². The molecule has 0 radical (unpaired) electrons. The SMILES string of the molecule is CC[Si](CC)(CC)COC(=O)C(F)(F)F. The maximum Gasteiger partial charge on any atom is 0.490 e. The van der Waals surface area contributed by atoms with Gasteiger partial charge in [-0.3, -0.25) is 0 Å². The Labute approximate surface area is 88.8 Å². The lowest BCUT2D eigenvalue weighted by atomic mass is 10.7. The third-order valence-electron chi connectivity index (χ3n) is 2.99. The van der Waals surface area contributed by atoms with Crippen LogP contribution in [0.2, 0.25) is 18.1 Å². The molecule has 0 aliphatic heterocycles. The second-order valence-electron chi connectivity index (χ2n) is 3.63. The molecule has 0 atom stereocenters. The van der Waals surface area contributed by atoms with E-state index in [2.05, 4.69) is 4.74 Å². The molecule has 0 aromatic carbocycles. The van der Waals surface area contributed by atoms with Crippen molar-refractivity contribution in [1.29, 1.82) is 0 Å². The van der Waals surface area contributed by atoms with Gasteiger partial charge in [-0.2, -0.15) is 13.2 Å². The average molecular weight is 242 g/mol. The Morgan fingerprint density at radius 3 is 1.80 bits per heavy atom. The molecule has 0 N–H and O–H groups in total. The van der Waals surface area contributed by atoms with Crippen LogP contribution in [-0.4, -0.2) is 26.4 Å². The van der Waals surface area contributed by atoms with Crippen LogP contribution in [0.25, 0.3) is 0 Å². The van der Waals surface area contributed by atoms with Gasteiger partial charge in [-0.25, -0.2) is 4.79 Å². The highest BCUT2D eigenvalue weighted by molar-refractivity contribution is 6.79.